The molecule has 3 heteroatoms. The molecule has 1 unspecified atom stereocenters. The minimum Gasteiger partial charge on any atom is -0.481 e. The van der Waals surface area contributed by atoms with Crippen LogP contribution in [0.2, 0.25) is 0 Å². The molecule has 1 aromatic heterocycles. The van der Waals surface area contributed by atoms with Gasteiger partial charge in [-0.2, -0.15) is 0 Å². The van der Waals surface area contributed by atoms with E-state index in [0.29, 0.717) is 6.42 Å². The molecule has 1 aliphatic rings. The Morgan fingerprint density at radius 2 is 2.19 bits per heavy atom. The van der Waals surface area contributed by atoms with Gasteiger partial charge >= 0.3 is 5.97 Å². The standard InChI is InChI=1S/C13H11NO2/c15-13(16)10-6-3-5-9-8-4-1-2-7-11(8)14-12(9)10/h1-5,7,10,14H,6H2,(H,15,16). The number of fused-ring (bicyclic) bond motifs is 3. The number of hydrogen-bond acceptors (Lipinski definition) is 1. The van der Waals surface area contributed by atoms with Gasteiger partial charge in [0, 0.05) is 22.2 Å². The largest absolute Gasteiger partial charge is 0.481 e. The van der Waals surface area contributed by atoms with Gasteiger partial charge in [-0.05, 0) is 12.5 Å². The molecule has 0 saturated heterocycles. The first kappa shape index (κ1) is 9.21. The van der Waals surface area contributed by atoms with Gasteiger partial charge < -0.3 is 10.1 Å². The summed E-state index contributed by atoms with van der Waals surface area (Å²) in [4.78, 5) is 14.4. The fraction of sp³-hybridized carbons (Fsp3) is 0.154. The van der Waals surface area contributed by atoms with Crippen molar-refractivity contribution in [3.05, 3.63) is 41.6 Å². The van der Waals surface area contributed by atoms with Gasteiger partial charge in [-0.3, -0.25) is 4.79 Å². The molecule has 1 heterocycles. The second-order valence-corrected chi connectivity index (χ2v) is 4.03. The molecule has 0 saturated carbocycles. The Kier molecular flexibility index (Phi) is 1.86. The fourth-order valence-electron chi connectivity index (χ4n) is 2.30. The van der Waals surface area contributed by atoms with E-state index >= 15 is 0 Å². The van der Waals surface area contributed by atoms with Crippen LogP contribution in [-0.2, 0) is 4.79 Å². The molecule has 0 aliphatic heterocycles. The Morgan fingerprint density at radius 1 is 1.38 bits per heavy atom. The maximum atomic E-state index is 11.1. The predicted molar refractivity (Wildman–Crippen MR) is 62.3 cm³/mol. The number of hydrogen-bond donors (Lipinski definition) is 2. The molecule has 0 bridgehead atoms. The number of carboxylic acids is 1. The average molecular weight is 213 g/mol. The Labute approximate surface area is 92.4 Å². The van der Waals surface area contributed by atoms with E-state index in [1.165, 1.54) is 0 Å². The molecule has 80 valence electrons. The minimum absolute atomic E-state index is 0.438. The van der Waals surface area contributed by atoms with Crippen molar-refractivity contribution >= 4 is 22.9 Å². The van der Waals surface area contributed by atoms with E-state index in [2.05, 4.69) is 4.98 Å². The second-order valence-electron chi connectivity index (χ2n) is 4.03. The molecule has 16 heavy (non-hydrogen) atoms. The molecular formula is C13H11NO2. The number of aromatic amines is 1. The lowest BCUT2D eigenvalue weighted by atomic mass is 9.92. The lowest BCUT2D eigenvalue weighted by Gasteiger charge is -2.13. The van der Waals surface area contributed by atoms with Gasteiger partial charge in [-0.15, -0.1) is 0 Å². The van der Waals surface area contributed by atoms with Crippen molar-refractivity contribution in [2.24, 2.45) is 0 Å². The number of aromatic nitrogens is 1. The molecule has 2 N–H and O–H groups in total. The highest BCUT2D eigenvalue weighted by Crippen LogP contribution is 2.34. The van der Waals surface area contributed by atoms with Crippen molar-refractivity contribution < 1.29 is 9.90 Å². The summed E-state index contributed by atoms with van der Waals surface area (Å²) in [6.45, 7) is 0. The van der Waals surface area contributed by atoms with Crippen molar-refractivity contribution in [1.29, 1.82) is 0 Å². The number of allylic oxidation sites excluding steroid dienone is 1. The first-order valence-electron chi connectivity index (χ1n) is 5.27. The summed E-state index contributed by atoms with van der Waals surface area (Å²) < 4.78 is 0. The van der Waals surface area contributed by atoms with Crippen LogP contribution < -0.4 is 0 Å². The van der Waals surface area contributed by atoms with Crippen LogP contribution in [0.3, 0.4) is 0 Å². The van der Waals surface area contributed by atoms with Gasteiger partial charge in [0.15, 0.2) is 0 Å². The lowest BCUT2D eigenvalue weighted by Crippen LogP contribution is -2.14. The van der Waals surface area contributed by atoms with Crippen LogP contribution in [0, 0.1) is 0 Å². The van der Waals surface area contributed by atoms with Crippen molar-refractivity contribution in [3.63, 3.8) is 0 Å². The molecule has 0 spiro atoms. The summed E-state index contributed by atoms with van der Waals surface area (Å²) in [5.41, 5.74) is 2.86. The van der Waals surface area contributed by atoms with Crippen molar-refractivity contribution in [1.82, 2.24) is 4.98 Å². The summed E-state index contributed by atoms with van der Waals surface area (Å²) >= 11 is 0. The zero-order valence-corrected chi connectivity index (χ0v) is 8.60. The zero-order chi connectivity index (χ0) is 11.1. The van der Waals surface area contributed by atoms with Gasteiger partial charge in [-0.1, -0.05) is 30.4 Å². The van der Waals surface area contributed by atoms with E-state index in [9.17, 15) is 4.79 Å². The highest BCUT2D eigenvalue weighted by molar-refractivity contribution is 5.94. The highest BCUT2D eigenvalue weighted by atomic mass is 16.4. The molecule has 2 aromatic rings. The number of rotatable bonds is 1. The third-order valence-electron chi connectivity index (χ3n) is 3.08. The van der Waals surface area contributed by atoms with Crippen LogP contribution in [0.5, 0.6) is 0 Å². The number of H-pyrrole nitrogens is 1. The van der Waals surface area contributed by atoms with Crippen molar-refractivity contribution in [2.75, 3.05) is 0 Å². The van der Waals surface area contributed by atoms with Gasteiger partial charge in [0.1, 0.15) is 5.92 Å². The van der Waals surface area contributed by atoms with Gasteiger partial charge in [-0.25, -0.2) is 0 Å². The van der Waals surface area contributed by atoms with Crippen LogP contribution in [0.15, 0.2) is 30.3 Å². The number of benzene rings is 1. The number of carbonyl (C=O) groups is 1. The maximum absolute atomic E-state index is 11.1. The normalized spacial score (nSPS) is 18.6. The van der Waals surface area contributed by atoms with Crippen LogP contribution >= 0.6 is 0 Å². The van der Waals surface area contributed by atoms with E-state index in [1.54, 1.807) is 0 Å². The predicted octanol–water partition coefficient (Wildman–Crippen LogP) is 2.75. The van der Waals surface area contributed by atoms with Crippen LogP contribution in [0.25, 0.3) is 17.0 Å². The van der Waals surface area contributed by atoms with Gasteiger partial charge in [0.2, 0.25) is 0 Å². The monoisotopic (exact) mass is 213 g/mol. The Bertz CT molecular complexity index is 595. The Balaban J connectivity index is 2.30. The minimum atomic E-state index is -0.767. The maximum Gasteiger partial charge on any atom is 0.312 e. The molecule has 0 amide bonds. The molecule has 3 rings (SSSR count). The van der Waals surface area contributed by atoms with E-state index in [1.807, 2.05) is 36.4 Å². The van der Waals surface area contributed by atoms with Gasteiger partial charge in [0.25, 0.3) is 0 Å². The quantitative estimate of drug-likeness (QED) is 0.765. The third-order valence-corrected chi connectivity index (χ3v) is 3.08. The molecule has 0 fully saturated rings. The number of nitrogens with one attached hydrogen (secondary N) is 1. The highest BCUT2D eigenvalue weighted by Gasteiger charge is 2.26. The molecule has 1 aliphatic carbocycles. The summed E-state index contributed by atoms with van der Waals surface area (Å²) in [6, 6.07) is 7.90. The molecule has 1 aromatic carbocycles. The van der Waals surface area contributed by atoms with Gasteiger partial charge in [0.05, 0.1) is 0 Å². The second kappa shape index (κ2) is 3.23. The molecule has 1 atom stereocenters. The summed E-state index contributed by atoms with van der Waals surface area (Å²) in [7, 11) is 0. The van der Waals surface area contributed by atoms with Crippen LogP contribution in [-0.4, -0.2) is 16.1 Å². The Morgan fingerprint density at radius 3 is 3.00 bits per heavy atom. The average Bonchev–Trinajstić information content (AvgIpc) is 2.67. The van der Waals surface area contributed by atoms with E-state index in [-0.39, 0.29) is 0 Å². The topological polar surface area (TPSA) is 53.1 Å². The van der Waals surface area contributed by atoms with Crippen molar-refractivity contribution in [3.8, 4) is 0 Å². The van der Waals surface area contributed by atoms with Crippen molar-refractivity contribution in [2.45, 2.75) is 12.3 Å². The smallest absolute Gasteiger partial charge is 0.312 e. The Hall–Kier alpha value is -2.03. The molecule has 3 nitrogen and oxygen atoms in total. The van der Waals surface area contributed by atoms with E-state index < -0.39 is 11.9 Å². The SMILES string of the molecule is O=C(O)C1CC=Cc2c1[nH]c1ccccc21. The number of aliphatic carboxylic acids is 1. The number of para-hydroxylation sites is 1. The summed E-state index contributed by atoms with van der Waals surface area (Å²) in [6.07, 6.45) is 4.50. The third kappa shape index (κ3) is 1.18. The molecule has 0 radical (unpaired) electrons. The lowest BCUT2D eigenvalue weighted by molar-refractivity contribution is -0.138. The number of carboxylic acid groups (broad SMARTS) is 1. The van der Waals surface area contributed by atoms with Crippen LogP contribution in [0.1, 0.15) is 23.6 Å². The zero-order valence-electron chi connectivity index (χ0n) is 8.60. The fourth-order valence-corrected chi connectivity index (χ4v) is 2.30. The van der Waals surface area contributed by atoms with E-state index in [0.717, 1.165) is 22.2 Å². The molecular weight excluding hydrogens is 202 g/mol. The van der Waals surface area contributed by atoms with E-state index in [4.69, 9.17) is 5.11 Å². The summed E-state index contributed by atoms with van der Waals surface area (Å²) in [5, 5.41) is 10.3. The van der Waals surface area contributed by atoms with Crippen LogP contribution in [0.4, 0.5) is 0 Å². The summed E-state index contributed by atoms with van der Waals surface area (Å²) in [5.74, 6) is -1.20. The first-order chi connectivity index (χ1) is 7.77. The first-order valence-corrected chi connectivity index (χ1v) is 5.27.